The summed E-state index contributed by atoms with van der Waals surface area (Å²) in [5.41, 5.74) is 4.10. The molecule has 0 unspecified atom stereocenters. The Hall–Kier alpha value is -3.72. The Balaban J connectivity index is 1.98. The highest BCUT2D eigenvalue weighted by Crippen LogP contribution is 2.31. The molecule has 0 atom stereocenters. The minimum atomic E-state index is -0.336. The molecule has 4 rings (SSSR count). The molecule has 0 saturated heterocycles. The number of H-pyrrole nitrogens is 1. The number of nitrogens with one attached hydrogen (secondary N) is 2. The number of nitrogens with zero attached hydrogens (tertiary/aromatic N) is 3. The molecular formula is C19H19N5O4. The number of aromatic amines is 1. The van der Waals surface area contributed by atoms with E-state index in [2.05, 4.69) is 15.4 Å². The third kappa shape index (κ3) is 2.69. The summed E-state index contributed by atoms with van der Waals surface area (Å²) in [6, 6.07) is 12.6. The van der Waals surface area contributed by atoms with Crippen LogP contribution in [0.1, 0.15) is 0 Å². The lowest BCUT2D eigenvalue weighted by molar-refractivity contribution is 0.380. The molecule has 3 N–H and O–H groups in total. The first-order valence-corrected chi connectivity index (χ1v) is 8.48. The van der Waals surface area contributed by atoms with Crippen molar-refractivity contribution in [3.63, 3.8) is 0 Å². The first kappa shape index (κ1) is 17.7. The van der Waals surface area contributed by atoms with Gasteiger partial charge >= 0.3 is 0 Å². The summed E-state index contributed by atoms with van der Waals surface area (Å²) in [6.07, 6.45) is 0. The molecule has 9 heteroatoms. The monoisotopic (exact) mass is 381 g/mol. The first-order chi connectivity index (χ1) is 13.6. The fourth-order valence-electron chi connectivity index (χ4n) is 3.21. The highest BCUT2D eigenvalue weighted by molar-refractivity contribution is 5.82. The van der Waals surface area contributed by atoms with E-state index in [1.54, 1.807) is 25.2 Å². The lowest BCUT2D eigenvalue weighted by Crippen LogP contribution is -2.19. The second-order valence-electron chi connectivity index (χ2n) is 6.15. The average Bonchev–Trinajstić information content (AvgIpc) is 3.25. The van der Waals surface area contributed by atoms with Crippen molar-refractivity contribution in [1.82, 2.24) is 19.3 Å². The van der Waals surface area contributed by atoms with Crippen molar-refractivity contribution in [2.45, 2.75) is 0 Å². The quantitative estimate of drug-likeness (QED) is 0.459. The molecule has 0 fully saturated rings. The van der Waals surface area contributed by atoms with Crippen LogP contribution in [0.5, 0.6) is 11.5 Å². The van der Waals surface area contributed by atoms with Crippen LogP contribution >= 0.6 is 0 Å². The molecule has 0 amide bonds. The van der Waals surface area contributed by atoms with E-state index in [9.17, 15) is 10.0 Å². The second-order valence-corrected chi connectivity index (χ2v) is 6.15. The molecule has 0 radical (unpaired) electrons. The predicted octanol–water partition coefficient (Wildman–Crippen LogP) is 2.54. The number of imidazole rings is 1. The van der Waals surface area contributed by atoms with E-state index < -0.39 is 0 Å². The smallest absolute Gasteiger partial charge is 0.280 e. The van der Waals surface area contributed by atoms with E-state index in [0.717, 1.165) is 11.0 Å². The van der Waals surface area contributed by atoms with Gasteiger partial charge < -0.3 is 14.5 Å². The van der Waals surface area contributed by atoms with E-state index in [0.29, 0.717) is 23.0 Å². The van der Waals surface area contributed by atoms with Gasteiger partial charge in [0.1, 0.15) is 22.9 Å². The molecule has 9 nitrogen and oxygen atoms in total. The van der Waals surface area contributed by atoms with Gasteiger partial charge in [-0.05, 0) is 12.1 Å². The third-order valence-corrected chi connectivity index (χ3v) is 4.57. The fourth-order valence-corrected chi connectivity index (χ4v) is 3.21. The van der Waals surface area contributed by atoms with Crippen LogP contribution in [0.15, 0.2) is 47.3 Å². The molecule has 2 aromatic carbocycles. The van der Waals surface area contributed by atoms with Crippen molar-refractivity contribution < 1.29 is 14.7 Å². The maximum absolute atomic E-state index is 13.0. The molecule has 0 spiro atoms. The second kappa shape index (κ2) is 6.78. The van der Waals surface area contributed by atoms with E-state index in [-0.39, 0.29) is 16.9 Å². The maximum Gasteiger partial charge on any atom is 0.280 e. The summed E-state index contributed by atoms with van der Waals surface area (Å²) in [7, 11) is 4.68. The molecule has 2 heterocycles. The molecule has 0 saturated carbocycles. The summed E-state index contributed by atoms with van der Waals surface area (Å²) in [6.45, 7) is 0. The van der Waals surface area contributed by atoms with Crippen molar-refractivity contribution in [1.29, 1.82) is 0 Å². The summed E-state index contributed by atoms with van der Waals surface area (Å²) in [5, 5.41) is 9.86. The van der Waals surface area contributed by atoms with E-state index >= 15 is 0 Å². The van der Waals surface area contributed by atoms with Gasteiger partial charge in [0, 0.05) is 25.2 Å². The fraction of sp³-hybridized carbons (Fsp3) is 0.158. The van der Waals surface area contributed by atoms with Gasteiger partial charge in [-0.25, -0.2) is 14.3 Å². The predicted molar refractivity (Wildman–Crippen MR) is 105 cm³/mol. The van der Waals surface area contributed by atoms with Crippen LogP contribution in [-0.2, 0) is 7.05 Å². The molecule has 144 valence electrons. The number of hydrogen-bond acceptors (Lipinski definition) is 6. The lowest BCUT2D eigenvalue weighted by atomic mass is 10.2. The molecule has 0 aliphatic carbocycles. The van der Waals surface area contributed by atoms with Gasteiger partial charge in [-0.15, -0.1) is 0 Å². The number of ether oxygens (including phenoxy) is 2. The Morgan fingerprint density at radius 1 is 1.11 bits per heavy atom. The molecule has 4 aromatic rings. The Morgan fingerprint density at radius 2 is 1.79 bits per heavy atom. The van der Waals surface area contributed by atoms with Crippen molar-refractivity contribution >= 4 is 16.9 Å². The summed E-state index contributed by atoms with van der Waals surface area (Å²) in [5.74, 6) is 1.61. The Labute approximate surface area is 159 Å². The van der Waals surface area contributed by atoms with Crippen LogP contribution in [0.4, 0.5) is 5.82 Å². The number of benzene rings is 2. The minimum absolute atomic E-state index is 0.168. The van der Waals surface area contributed by atoms with E-state index in [1.165, 1.54) is 23.6 Å². The topological polar surface area (TPSA) is 106 Å². The zero-order chi connectivity index (χ0) is 19.8. The van der Waals surface area contributed by atoms with Gasteiger partial charge in [0.25, 0.3) is 5.56 Å². The molecule has 0 aliphatic rings. The standard InChI is InChI=1S/C19H19N5O4/c1-23-19(25)16(17-20-14-6-4-5-7-15(14)21-17)18(22-26)24(23)11-8-12(27-2)10-13(9-11)28-3/h4-10,22,26H,1-3H3,(H,20,21). The number of rotatable bonds is 5. The lowest BCUT2D eigenvalue weighted by Gasteiger charge is -2.14. The summed E-state index contributed by atoms with van der Waals surface area (Å²) in [4.78, 5) is 20.6. The van der Waals surface area contributed by atoms with Crippen LogP contribution in [0.3, 0.4) is 0 Å². The molecular weight excluding hydrogens is 362 g/mol. The zero-order valence-corrected chi connectivity index (χ0v) is 15.6. The summed E-state index contributed by atoms with van der Waals surface area (Å²) < 4.78 is 13.5. The minimum Gasteiger partial charge on any atom is -0.497 e. The Kier molecular flexibility index (Phi) is 4.28. The van der Waals surface area contributed by atoms with Gasteiger partial charge in [0.2, 0.25) is 0 Å². The van der Waals surface area contributed by atoms with Crippen LogP contribution in [-0.4, -0.2) is 38.8 Å². The van der Waals surface area contributed by atoms with Crippen molar-refractivity contribution in [3.05, 3.63) is 52.8 Å². The zero-order valence-electron chi connectivity index (χ0n) is 15.6. The average molecular weight is 381 g/mol. The van der Waals surface area contributed by atoms with Crippen LogP contribution in [0, 0.1) is 0 Å². The maximum atomic E-state index is 13.0. The normalized spacial score (nSPS) is 11.0. The summed E-state index contributed by atoms with van der Waals surface area (Å²) >= 11 is 0. The van der Waals surface area contributed by atoms with Crippen LogP contribution in [0.2, 0.25) is 0 Å². The van der Waals surface area contributed by atoms with Crippen molar-refractivity contribution in [2.75, 3.05) is 19.7 Å². The highest BCUT2D eigenvalue weighted by Gasteiger charge is 2.23. The largest absolute Gasteiger partial charge is 0.497 e. The first-order valence-electron chi connectivity index (χ1n) is 8.48. The Morgan fingerprint density at radius 3 is 2.39 bits per heavy atom. The van der Waals surface area contributed by atoms with Crippen molar-refractivity contribution in [2.24, 2.45) is 7.05 Å². The number of methoxy groups -OCH3 is 2. The van der Waals surface area contributed by atoms with Gasteiger partial charge in [0.05, 0.1) is 30.9 Å². The van der Waals surface area contributed by atoms with E-state index in [4.69, 9.17) is 9.47 Å². The van der Waals surface area contributed by atoms with Crippen molar-refractivity contribution in [3.8, 4) is 28.6 Å². The number of aromatic nitrogens is 4. The molecule has 2 aromatic heterocycles. The van der Waals surface area contributed by atoms with Crippen LogP contribution < -0.4 is 20.5 Å². The third-order valence-electron chi connectivity index (χ3n) is 4.57. The number of hydrogen-bond donors (Lipinski definition) is 3. The Bertz CT molecular complexity index is 1170. The van der Waals surface area contributed by atoms with Gasteiger partial charge in [-0.2, -0.15) is 0 Å². The van der Waals surface area contributed by atoms with E-state index in [1.807, 2.05) is 24.3 Å². The van der Waals surface area contributed by atoms with Gasteiger partial charge in [-0.3, -0.25) is 15.5 Å². The molecule has 28 heavy (non-hydrogen) atoms. The molecule has 0 aliphatic heterocycles. The SMILES string of the molecule is COc1cc(OC)cc(-n2c(NO)c(-c3nc4ccccc4[nH]3)c(=O)n2C)c1. The van der Waals surface area contributed by atoms with Gasteiger partial charge in [-0.1, -0.05) is 12.1 Å². The highest BCUT2D eigenvalue weighted by atomic mass is 16.5. The molecule has 0 bridgehead atoms. The van der Waals surface area contributed by atoms with Crippen LogP contribution in [0.25, 0.3) is 28.1 Å². The van der Waals surface area contributed by atoms with Gasteiger partial charge in [0.15, 0.2) is 5.82 Å². The number of para-hydroxylation sites is 2. The number of fused-ring (bicyclic) bond motifs is 1. The number of anilines is 1.